The summed E-state index contributed by atoms with van der Waals surface area (Å²) in [4.78, 5) is 13.6. The number of isocyanates is 1. The Labute approximate surface area is 98.1 Å². The van der Waals surface area contributed by atoms with E-state index in [2.05, 4.69) is 4.99 Å². The van der Waals surface area contributed by atoms with Gasteiger partial charge in [-0.2, -0.15) is 0 Å². The molecule has 0 saturated heterocycles. The van der Waals surface area contributed by atoms with Gasteiger partial charge >= 0.3 is 0 Å². The van der Waals surface area contributed by atoms with Gasteiger partial charge in [0.05, 0.1) is 6.54 Å². The maximum absolute atomic E-state index is 13.9. The molecule has 1 aliphatic rings. The number of alkyl halides is 1. The summed E-state index contributed by atoms with van der Waals surface area (Å²) in [6.07, 6.45) is 1.45. The molecule has 17 heavy (non-hydrogen) atoms. The third-order valence-electron chi connectivity index (χ3n) is 2.55. The van der Waals surface area contributed by atoms with Crippen LogP contribution in [0.1, 0.15) is 25.0 Å². The molecular weight excluding hydrogens is 225 g/mol. The van der Waals surface area contributed by atoms with Crippen molar-refractivity contribution in [3.05, 3.63) is 23.3 Å². The molecule has 0 spiro atoms. The quantitative estimate of drug-likeness (QED) is 0.599. The van der Waals surface area contributed by atoms with Crippen molar-refractivity contribution in [1.29, 1.82) is 0 Å². The molecule has 5 heteroatoms. The summed E-state index contributed by atoms with van der Waals surface area (Å²) in [7, 11) is 0. The highest BCUT2D eigenvalue weighted by Gasteiger charge is 2.26. The van der Waals surface area contributed by atoms with Crippen molar-refractivity contribution in [1.82, 2.24) is 0 Å². The van der Waals surface area contributed by atoms with Gasteiger partial charge < -0.3 is 9.47 Å². The van der Waals surface area contributed by atoms with E-state index in [1.54, 1.807) is 12.1 Å². The Morgan fingerprint density at radius 1 is 1.47 bits per heavy atom. The molecule has 0 aliphatic carbocycles. The molecule has 2 rings (SSSR count). The number of nitrogens with zero attached hydrogens (tertiary/aromatic N) is 1. The lowest BCUT2D eigenvalue weighted by atomic mass is 9.97. The molecule has 0 bridgehead atoms. The molecule has 0 radical (unpaired) electrons. The van der Waals surface area contributed by atoms with Gasteiger partial charge in [-0.05, 0) is 31.5 Å². The molecule has 0 fully saturated rings. The van der Waals surface area contributed by atoms with Gasteiger partial charge in [-0.1, -0.05) is 0 Å². The summed E-state index contributed by atoms with van der Waals surface area (Å²) in [5.41, 5.74) is -0.386. The summed E-state index contributed by atoms with van der Waals surface area (Å²) in [5, 5.41) is 0. The van der Waals surface area contributed by atoms with Crippen molar-refractivity contribution in [2.24, 2.45) is 4.99 Å². The van der Waals surface area contributed by atoms with E-state index in [0.717, 1.165) is 0 Å². The van der Waals surface area contributed by atoms with E-state index < -0.39 is 5.67 Å². The fourth-order valence-electron chi connectivity index (χ4n) is 1.66. The van der Waals surface area contributed by atoms with Crippen LogP contribution in [0.2, 0.25) is 0 Å². The highest BCUT2D eigenvalue weighted by atomic mass is 19.1. The first kappa shape index (κ1) is 11.6. The fourth-order valence-corrected chi connectivity index (χ4v) is 1.66. The molecule has 0 aromatic heterocycles. The molecule has 1 aromatic rings. The van der Waals surface area contributed by atoms with Crippen LogP contribution in [0.4, 0.5) is 4.39 Å². The number of halogens is 1. The first-order valence-corrected chi connectivity index (χ1v) is 5.18. The lowest BCUT2D eigenvalue weighted by Crippen LogP contribution is -2.09. The third kappa shape index (κ3) is 2.29. The van der Waals surface area contributed by atoms with Gasteiger partial charge in [0.25, 0.3) is 0 Å². The van der Waals surface area contributed by atoms with Crippen LogP contribution in [0.25, 0.3) is 0 Å². The number of aliphatic imine (C=N–C) groups is 1. The van der Waals surface area contributed by atoms with E-state index in [9.17, 15) is 9.18 Å². The van der Waals surface area contributed by atoms with Crippen LogP contribution in [-0.4, -0.2) is 12.9 Å². The SMILES string of the molecule is CC(C)(F)c1cc(CN=C=O)c2c(c1)OCO2. The van der Waals surface area contributed by atoms with Crippen LogP contribution < -0.4 is 9.47 Å². The molecule has 0 unspecified atom stereocenters. The van der Waals surface area contributed by atoms with Crippen LogP contribution in [0.5, 0.6) is 11.5 Å². The van der Waals surface area contributed by atoms with Gasteiger partial charge in [-0.3, -0.25) is 0 Å². The second kappa shape index (κ2) is 4.18. The predicted molar refractivity (Wildman–Crippen MR) is 58.5 cm³/mol. The van der Waals surface area contributed by atoms with E-state index in [-0.39, 0.29) is 13.3 Å². The van der Waals surface area contributed by atoms with Crippen molar-refractivity contribution in [3.63, 3.8) is 0 Å². The summed E-state index contributed by atoms with van der Waals surface area (Å²) in [6, 6.07) is 3.24. The molecular formula is C12H12FNO3. The standard InChI is InChI=1S/C12H12FNO3/c1-12(2,13)9-3-8(5-14-6-15)11-10(4-9)16-7-17-11/h3-4H,5,7H2,1-2H3. The summed E-state index contributed by atoms with van der Waals surface area (Å²) < 4.78 is 24.4. The minimum Gasteiger partial charge on any atom is -0.454 e. The number of rotatable bonds is 3. The Kier molecular flexibility index (Phi) is 2.86. The Morgan fingerprint density at radius 3 is 2.88 bits per heavy atom. The van der Waals surface area contributed by atoms with E-state index in [0.29, 0.717) is 22.6 Å². The molecule has 0 amide bonds. The van der Waals surface area contributed by atoms with Crippen LogP contribution in [-0.2, 0) is 17.0 Å². The lowest BCUT2D eigenvalue weighted by Gasteiger charge is -2.16. The molecule has 1 aromatic carbocycles. The van der Waals surface area contributed by atoms with Crippen LogP contribution in [0.3, 0.4) is 0 Å². The Hall–Kier alpha value is -1.87. The minimum absolute atomic E-state index is 0.101. The van der Waals surface area contributed by atoms with Crippen molar-refractivity contribution >= 4 is 6.08 Å². The van der Waals surface area contributed by atoms with E-state index in [1.165, 1.54) is 19.9 Å². The zero-order valence-corrected chi connectivity index (χ0v) is 9.62. The van der Waals surface area contributed by atoms with Gasteiger partial charge in [0.1, 0.15) is 5.67 Å². The smallest absolute Gasteiger partial charge is 0.235 e. The Bertz CT molecular complexity index is 487. The number of fused-ring (bicyclic) bond motifs is 1. The maximum atomic E-state index is 13.9. The topological polar surface area (TPSA) is 47.9 Å². The number of ether oxygens (including phenoxy) is 2. The average Bonchev–Trinajstić information content (AvgIpc) is 2.72. The molecule has 4 nitrogen and oxygen atoms in total. The molecule has 0 atom stereocenters. The molecule has 1 aliphatic heterocycles. The largest absolute Gasteiger partial charge is 0.454 e. The van der Waals surface area contributed by atoms with E-state index in [1.807, 2.05) is 0 Å². The normalized spacial score (nSPS) is 13.4. The molecule has 90 valence electrons. The zero-order chi connectivity index (χ0) is 12.5. The highest BCUT2D eigenvalue weighted by molar-refractivity contribution is 5.52. The van der Waals surface area contributed by atoms with Crippen LogP contribution >= 0.6 is 0 Å². The number of hydrogen-bond acceptors (Lipinski definition) is 4. The lowest BCUT2D eigenvalue weighted by molar-refractivity contribution is 0.173. The third-order valence-corrected chi connectivity index (χ3v) is 2.55. The molecule has 1 heterocycles. The average molecular weight is 237 g/mol. The van der Waals surface area contributed by atoms with Gasteiger partial charge in [-0.25, -0.2) is 14.2 Å². The van der Waals surface area contributed by atoms with Gasteiger partial charge in [-0.15, -0.1) is 0 Å². The van der Waals surface area contributed by atoms with Crippen LogP contribution in [0, 0.1) is 0 Å². The maximum Gasteiger partial charge on any atom is 0.235 e. The van der Waals surface area contributed by atoms with Gasteiger partial charge in [0, 0.05) is 5.56 Å². The van der Waals surface area contributed by atoms with E-state index >= 15 is 0 Å². The van der Waals surface area contributed by atoms with Gasteiger partial charge in [0.15, 0.2) is 11.5 Å². The minimum atomic E-state index is -1.49. The van der Waals surface area contributed by atoms with Gasteiger partial charge in [0.2, 0.25) is 12.9 Å². The number of hydrogen-bond donors (Lipinski definition) is 0. The van der Waals surface area contributed by atoms with Crippen LogP contribution in [0.15, 0.2) is 17.1 Å². The van der Waals surface area contributed by atoms with Crippen molar-refractivity contribution in [2.45, 2.75) is 26.1 Å². The zero-order valence-electron chi connectivity index (χ0n) is 9.62. The fraction of sp³-hybridized carbons (Fsp3) is 0.417. The van der Waals surface area contributed by atoms with Crippen molar-refractivity contribution in [3.8, 4) is 11.5 Å². The van der Waals surface area contributed by atoms with E-state index in [4.69, 9.17) is 9.47 Å². The predicted octanol–water partition coefficient (Wildman–Crippen LogP) is 2.46. The second-order valence-electron chi connectivity index (χ2n) is 4.25. The first-order chi connectivity index (χ1) is 8.02. The monoisotopic (exact) mass is 237 g/mol. The summed E-state index contributed by atoms with van der Waals surface area (Å²) >= 11 is 0. The highest BCUT2D eigenvalue weighted by Crippen LogP contribution is 2.40. The number of carbonyl (C=O) groups excluding carboxylic acids is 1. The van der Waals surface area contributed by atoms with Crippen molar-refractivity contribution < 1.29 is 18.7 Å². The molecule has 0 N–H and O–H groups in total. The van der Waals surface area contributed by atoms with Crippen molar-refractivity contribution in [2.75, 3.05) is 6.79 Å². The second-order valence-corrected chi connectivity index (χ2v) is 4.25. The number of benzene rings is 1. The summed E-state index contributed by atoms with van der Waals surface area (Å²) in [6.45, 7) is 3.12. The summed E-state index contributed by atoms with van der Waals surface area (Å²) in [5.74, 6) is 1.02. The Balaban J connectivity index is 2.49. The first-order valence-electron chi connectivity index (χ1n) is 5.18. The Morgan fingerprint density at radius 2 is 2.24 bits per heavy atom. The molecule has 0 saturated carbocycles.